The molecule has 154 valence electrons. The smallest absolute Gasteiger partial charge is 0.114 e. The van der Waals surface area contributed by atoms with Gasteiger partial charge in [-0.15, -0.1) is 0 Å². The average molecular weight is 397 g/mol. The Morgan fingerprint density at radius 1 is 1.28 bits per heavy atom. The lowest BCUT2D eigenvalue weighted by atomic mass is 9.93. The molecule has 3 unspecified atom stereocenters. The molecule has 2 saturated heterocycles. The number of nitrogens with one attached hydrogen (secondary N) is 2. The second-order valence-corrected chi connectivity index (χ2v) is 8.00. The second kappa shape index (κ2) is 9.59. The molecule has 6 nitrogen and oxygen atoms in total. The van der Waals surface area contributed by atoms with Crippen molar-refractivity contribution in [2.45, 2.75) is 37.5 Å². The van der Waals surface area contributed by atoms with E-state index in [1.54, 1.807) is 12.3 Å². The van der Waals surface area contributed by atoms with Gasteiger partial charge in [0.15, 0.2) is 0 Å². The molecule has 7 heteroatoms. The molecule has 2 aliphatic heterocycles. The van der Waals surface area contributed by atoms with Crippen LogP contribution in [0.2, 0.25) is 0 Å². The van der Waals surface area contributed by atoms with Crippen molar-refractivity contribution >= 4 is 0 Å². The van der Waals surface area contributed by atoms with Gasteiger partial charge in [-0.05, 0) is 43.2 Å². The first-order valence-electron chi connectivity index (χ1n) is 10.5. The van der Waals surface area contributed by atoms with Crippen LogP contribution in [0.15, 0.2) is 47.9 Å². The summed E-state index contributed by atoms with van der Waals surface area (Å²) in [4.78, 5) is 9.19. The van der Waals surface area contributed by atoms with Crippen LogP contribution in [-0.4, -0.2) is 66.4 Å². The number of hydrogen-bond donors (Lipinski definition) is 2. The van der Waals surface area contributed by atoms with Gasteiger partial charge in [-0.2, -0.15) is 5.26 Å². The third-order valence-electron chi connectivity index (χ3n) is 6.02. The third kappa shape index (κ3) is 5.09. The van der Waals surface area contributed by atoms with Gasteiger partial charge < -0.3 is 0 Å². The Morgan fingerprint density at radius 2 is 2.14 bits per heavy atom. The van der Waals surface area contributed by atoms with Crippen molar-refractivity contribution in [2.75, 3.05) is 39.3 Å². The number of hydrogen-bond acceptors (Lipinski definition) is 6. The molecule has 0 saturated carbocycles. The summed E-state index contributed by atoms with van der Waals surface area (Å²) < 4.78 is 13.5. The maximum absolute atomic E-state index is 13.5. The summed E-state index contributed by atoms with van der Waals surface area (Å²) >= 11 is 0. The zero-order valence-corrected chi connectivity index (χ0v) is 16.7. The summed E-state index contributed by atoms with van der Waals surface area (Å²) in [7, 11) is 0. The highest BCUT2D eigenvalue weighted by molar-refractivity contribution is 5.26. The van der Waals surface area contributed by atoms with Crippen LogP contribution in [-0.2, 0) is 0 Å². The molecular weight excluding hydrogens is 367 g/mol. The zero-order chi connectivity index (χ0) is 20.1. The van der Waals surface area contributed by atoms with E-state index >= 15 is 0 Å². The Morgan fingerprint density at radius 3 is 2.86 bits per heavy atom. The van der Waals surface area contributed by atoms with E-state index in [0.29, 0.717) is 6.42 Å². The van der Waals surface area contributed by atoms with Crippen molar-refractivity contribution < 1.29 is 4.39 Å². The van der Waals surface area contributed by atoms with Crippen molar-refractivity contribution in [1.29, 1.82) is 5.26 Å². The number of halogens is 1. The normalized spacial score (nSPS) is 27.6. The molecule has 1 aliphatic carbocycles. The van der Waals surface area contributed by atoms with E-state index in [0.717, 1.165) is 63.4 Å². The number of piperazine rings is 1. The molecular formula is C22H29FN6. The van der Waals surface area contributed by atoms with Crippen LogP contribution in [0.4, 0.5) is 4.39 Å². The summed E-state index contributed by atoms with van der Waals surface area (Å²) in [6.07, 6.45) is 7.93. The number of rotatable bonds is 5. The minimum absolute atomic E-state index is 0.00253. The van der Waals surface area contributed by atoms with Gasteiger partial charge in [-0.1, -0.05) is 12.1 Å². The molecule has 2 N–H and O–H groups in total. The second-order valence-electron chi connectivity index (χ2n) is 8.00. The van der Waals surface area contributed by atoms with E-state index < -0.39 is 0 Å². The zero-order valence-electron chi connectivity index (χ0n) is 16.7. The molecule has 0 bridgehead atoms. The lowest BCUT2D eigenvalue weighted by molar-refractivity contribution is 0.0478. The molecule has 1 aromatic rings. The number of nitrogens with zero attached hydrogens (tertiary/aromatic N) is 4. The van der Waals surface area contributed by atoms with Gasteiger partial charge >= 0.3 is 0 Å². The molecule has 3 heterocycles. The lowest BCUT2D eigenvalue weighted by Gasteiger charge is -2.44. The van der Waals surface area contributed by atoms with Gasteiger partial charge in [0, 0.05) is 51.4 Å². The van der Waals surface area contributed by atoms with Crippen molar-refractivity contribution in [3.8, 4) is 6.07 Å². The molecule has 0 spiro atoms. The summed E-state index contributed by atoms with van der Waals surface area (Å²) in [5.41, 5.74) is 1.93. The average Bonchev–Trinajstić information content (AvgIpc) is 2.76. The van der Waals surface area contributed by atoms with Crippen LogP contribution < -0.4 is 10.6 Å². The SMILES string of the molecule is N#CC(c1ccccn1)C1CCNC(N2CCN(CC3=CCCC(F)=C3)CC2)N1. The van der Waals surface area contributed by atoms with Gasteiger partial charge in [0.2, 0.25) is 0 Å². The maximum atomic E-state index is 13.5. The van der Waals surface area contributed by atoms with Gasteiger partial charge in [0.05, 0.1) is 11.8 Å². The number of aromatic nitrogens is 1. The fraction of sp³-hybridized carbons (Fsp3) is 0.545. The van der Waals surface area contributed by atoms with Crippen molar-refractivity contribution in [1.82, 2.24) is 25.4 Å². The fourth-order valence-corrected chi connectivity index (χ4v) is 4.42. The molecule has 4 rings (SSSR count). The maximum Gasteiger partial charge on any atom is 0.114 e. The first-order valence-corrected chi connectivity index (χ1v) is 10.5. The highest BCUT2D eigenvalue weighted by Crippen LogP contribution is 2.22. The monoisotopic (exact) mass is 396 g/mol. The van der Waals surface area contributed by atoms with Crippen molar-refractivity contribution in [3.63, 3.8) is 0 Å². The van der Waals surface area contributed by atoms with Crippen LogP contribution in [0, 0.1) is 11.3 Å². The molecule has 3 aliphatic rings. The van der Waals surface area contributed by atoms with Crippen LogP contribution in [0.1, 0.15) is 30.9 Å². The molecule has 3 atom stereocenters. The van der Waals surface area contributed by atoms with Gasteiger partial charge in [-0.3, -0.25) is 25.4 Å². The van der Waals surface area contributed by atoms with E-state index in [1.807, 2.05) is 18.2 Å². The summed E-state index contributed by atoms with van der Waals surface area (Å²) in [6.45, 7) is 5.50. The summed E-state index contributed by atoms with van der Waals surface area (Å²) in [5.74, 6) is -0.246. The standard InChI is InChI=1S/C22H29FN6/c23-18-5-3-4-17(14-18)16-28-10-12-29(13-11-28)22-26-9-7-21(27-22)19(15-24)20-6-1-2-8-25-20/h1-2,4,6,8,14,19,21-22,26-27H,3,5,7,9-13,16H2. The highest BCUT2D eigenvalue weighted by Gasteiger charge is 2.33. The minimum Gasteiger partial charge on any atom is -0.297 e. The predicted molar refractivity (Wildman–Crippen MR) is 110 cm³/mol. The molecule has 1 aromatic heterocycles. The first-order chi connectivity index (χ1) is 14.2. The number of nitriles is 1. The van der Waals surface area contributed by atoms with Gasteiger partial charge in [0.1, 0.15) is 18.0 Å². The Balaban J connectivity index is 1.31. The largest absolute Gasteiger partial charge is 0.297 e. The van der Waals surface area contributed by atoms with E-state index in [2.05, 4.69) is 37.6 Å². The molecule has 2 fully saturated rings. The van der Waals surface area contributed by atoms with Gasteiger partial charge in [-0.25, -0.2) is 4.39 Å². The Labute approximate surface area is 172 Å². The van der Waals surface area contributed by atoms with Crippen LogP contribution >= 0.6 is 0 Å². The van der Waals surface area contributed by atoms with Crippen molar-refractivity contribution in [3.05, 3.63) is 53.6 Å². The molecule has 0 amide bonds. The fourth-order valence-electron chi connectivity index (χ4n) is 4.42. The summed E-state index contributed by atoms with van der Waals surface area (Å²) in [6, 6.07) is 8.28. The van der Waals surface area contributed by atoms with Crippen LogP contribution in [0.25, 0.3) is 0 Å². The Kier molecular flexibility index (Phi) is 6.67. The first kappa shape index (κ1) is 20.2. The topological polar surface area (TPSA) is 67.2 Å². The van der Waals surface area contributed by atoms with Gasteiger partial charge in [0.25, 0.3) is 0 Å². The van der Waals surface area contributed by atoms with E-state index in [4.69, 9.17) is 0 Å². The van der Waals surface area contributed by atoms with E-state index in [9.17, 15) is 9.65 Å². The lowest BCUT2D eigenvalue weighted by Crippen LogP contribution is -2.65. The Bertz CT molecular complexity index is 778. The van der Waals surface area contributed by atoms with Crippen molar-refractivity contribution in [2.24, 2.45) is 0 Å². The molecule has 29 heavy (non-hydrogen) atoms. The van der Waals surface area contributed by atoms with E-state index in [1.165, 1.54) is 0 Å². The van der Waals surface area contributed by atoms with E-state index in [-0.39, 0.29) is 24.1 Å². The molecule has 0 radical (unpaired) electrons. The number of allylic oxidation sites excluding steroid dienone is 2. The molecule has 0 aromatic carbocycles. The van der Waals surface area contributed by atoms with Crippen LogP contribution in [0.5, 0.6) is 0 Å². The Hall–Kier alpha value is -2.11. The quantitative estimate of drug-likeness (QED) is 0.795. The highest BCUT2D eigenvalue weighted by atomic mass is 19.1. The third-order valence-corrected chi connectivity index (χ3v) is 6.02. The minimum atomic E-state index is -0.248. The predicted octanol–water partition coefficient (Wildman–Crippen LogP) is 2.12. The van der Waals surface area contributed by atoms with Crippen LogP contribution in [0.3, 0.4) is 0 Å². The number of pyridine rings is 1. The summed E-state index contributed by atoms with van der Waals surface area (Å²) in [5, 5.41) is 16.9.